The van der Waals surface area contributed by atoms with Gasteiger partial charge in [0.25, 0.3) is 0 Å². The summed E-state index contributed by atoms with van der Waals surface area (Å²) in [5.41, 5.74) is 5.51. The number of rotatable bonds is 4. The fourth-order valence-electron chi connectivity index (χ4n) is 1.11. The second-order valence-corrected chi connectivity index (χ2v) is 5.06. The number of hydrogen-bond donors (Lipinski definition) is 2. The molecule has 84 valence electrons. The predicted molar refractivity (Wildman–Crippen MR) is 63.5 cm³/mol. The van der Waals surface area contributed by atoms with Crippen molar-refractivity contribution in [3.8, 4) is 0 Å². The summed E-state index contributed by atoms with van der Waals surface area (Å²) in [6, 6.07) is 0.0163. The van der Waals surface area contributed by atoms with Gasteiger partial charge in [0.05, 0.1) is 0 Å². The molecule has 5 nitrogen and oxygen atoms in total. The van der Waals surface area contributed by atoms with Gasteiger partial charge in [-0.1, -0.05) is 11.6 Å². The van der Waals surface area contributed by atoms with Gasteiger partial charge in [0.15, 0.2) is 5.82 Å². The van der Waals surface area contributed by atoms with Crippen molar-refractivity contribution in [1.29, 1.82) is 0 Å². The molecule has 1 heterocycles. The van der Waals surface area contributed by atoms with Crippen LogP contribution in [0.5, 0.6) is 0 Å². The minimum atomic E-state index is -0.862. The molecule has 0 amide bonds. The molecular formula is C8H13ClN4OS. The Balaban J connectivity index is 2.72. The fourth-order valence-corrected chi connectivity index (χ4v) is 2.05. The van der Waals surface area contributed by atoms with E-state index < -0.39 is 10.8 Å². The average Bonchev–Trinajstić information content (AvgIpc) is 2.11. The number of nitrogens with two attached hydrogens (primary N) is 1. The van der Waals surface area contributed by atoms with Gasteiger partial charge in [-0.3, -0.25) is 4.21 Å². The quantitative estimate of drug-likeness (QED) is 0.827. The molecule has 1 rings (SSSR count). The van der Waals surface area contributed by atoms with Crippen molar-refractivity contribution < 1.29 is 4.21 Å². The van der Waals surface area contributed by atoms with Crippen molar-refractivity contribution in [3.63, 3.8) is 0 Å². The molecule has 15 heavy (non-hydrogen) atoms. The van der Waals surface area contributed by atoms with Gasteiger partial charge in [0.1, 0.15) is 17.2 Å². The van der Waals surface area contributed by atoms with E-state index in [2.05, 4.69) is 15.3 Å². The molecule has 0 saturated heterocycles. The maximum atomic E-state index is 11.0. The maximum Gasteiger partial charge on any atom is 0.150 e. The zero-order valence-corrected chi connectivity index (χ0v) is 10.1. The molecule has 0 spiro atoms. The van der Waals surface area contributed by atoms with Crippen LogP contribution in [0.1, 0.15) is 6.92 Å². The second kappa shape index (κ2) is 5.27. The van der Waals surface area contributed by atoms with E-state index >= 15 is 0 Å². The number of anilines is 2. The van der Waals surface area contributed by atoms with Crippen LogP contribution >= 0.6 is 11.6 Å². The van der Waals surface area contributed by atoms with Crippen LogP contribution in [0.3, 0.4) is 0 Å². The van der Waals surface area contributed by atoms with E-state index in [1.165, 1.54) is 6.33 Å². The monoisotopic (exact) mass is 248 g/mol. The smallest absolute Gasteiger partial charge is 0.150 e. The first kappa shape index (κ1) is 12.2. The van der Waals surface area contributed by atoms with Gasteiger partial charge < -0.3 is 11.1 Å². The van der Waals surface area contributed by atoms with E-state index in [1.54, 1.807) is 6.26 Å². The van der Waals surface area contributed by atoms with Crippen molar-refractivity contribution in [2.75, 3.05) is 23.1 Å². The fraction of sp³-hybridized carbons (Fsp3) is 0.500. The first-order valence-corrected chi connectivity index (χ1v) is 6.43. The average molecular weight is 249 g/mol. The zero-order valence-electron chi connectivity index (χ0n) is 8.53. The SMILES string of the molecule is CC(CS(C)=O)Nc1ncnc(N)c1Cl. The lowest BCUT2D eigenvalue weighted by atomic mass is 10.4. The lowest BCUT2D eigenvalue weighted by Crippen LogP contribution is -2.23. The van der Waals surface area contributed by atoms with E-state index in [0.717, 1.165) is 0 Å². The lowest BCUT2D eigenvalue weighted by molar-refractivity contribution is 0.683. The highest BCUT2D eigenvalue weighted by Crippen LogP contribution is 2.23. The van der Waals surface area contributed by atoms with E-state index in [-0.39, 0.29) is 11.9 Å². The molecular weight excluding hydrogens is 236 g/mol. The minimum Gasteiger partial charge on any atom is -0.382 e. The first-order chi connectivity index (χ1) is 7.00. The Bertz CT molecular complexity index is 374. The Hall–Kier alpha value is -0.880. The van der Waals surface area contributed by atoms with Crippen molar-refractivity contribution in [1.82, 2.24) is 9.97 Å². The van der Waals surface area contributed by atoms with Gasteiger partial charge in [0, 0.05) is 28.9 Å². The van der Waals surface area contributed by atoms with Gasteiger partial charge in [-0.15, -0.1) is 0 Å². The summed E-state index contributed by atoms with van der Waals surface area (Å²) >= 11 is 5.89. The number of nitrogen functional groups attached to an aromatic ring is 1. The number of halogens is 1. The van der Waals surface area contributed by atoms with E-state index in [1.807, 2.05) is 6.92 Å². The highest BCUT2D eigenvalue weighted by Gasteiger charge is 2.10. The molecule has 0 bridgehead atoms. The molecule has 2 atom stereocenters. The highest BCUT2D eigenvalue weighted by molar-refractivity contribution is 7.84. The summed E-state index contributed by atoms with van der Waals surface area (Å²) in [5.74, 6) is 1.24. The second-order valence-electron chi connectivity index (χ2n) is 3.21. The van der Waals surface area contributed by atoms with Gasteiger partial charge in [-0.05, 0) is 6.92 Å². The van der Waals surface area contributed by atoms with Crippen LogP contribution in [0.4, 0.5) is 11.6 Å². The molecule has 1 aromatic rings. The Morgan fingerprint density at radius 1 is 1.67 bits per heavy atom. The summed E-state index contributed by atoms with van der Waals surface area (Å²) in [6.45, 7) is 1.90. The summed E-state index contributed by atoms with van der Waals surface area (Å²) in [6.07, 6.45) is 2.98. The van der Waals surface area contributed by atoms with Crippen LogP contribution in [0, 0.1) is 0 Å². The van der Waals surface area contributed by atoms with Gasteiger partial charge in [-0.25, -0.2) is 9.97 Å². The summed E-state index contributed by atoms with van der Waals surface area (Å²) in [4.78, 5) is 7.70. The minimum absolute atomic E-state index is 0.0163. The highest BCUT2D eigenvalue weighted by atomic mass is 35.5. The Kier molecular flexibility index (Phi) is 4.28. The van der Waals surface area contributed by atoms with Crippen molar-refractivity contribution in [2.45, 2.75) is 13.0 Å². The summed E-state index contributed by atoms with van der Waals surface area (Å²) < 4.78 is 11.0. The van der Waals surface area contributed by atoms with Crippen LogP contribution in [0.25, 0.3) is 0 Å². The van der Waals surface area contributed by atoms with Crippen LogP contribution < -0.4 is 11.1 Å². The molecule has 0 fully saturated rings. The molecule has 2 unspecified atom stereocenters. The van der Waals surface area contributed by atoms with E-state index in [9.17, 15) is 4.21 Å². The van der Waals surface area contributed by atoms with Crippen molar-refractivity contribution in [2.24, 2.45) is 0 Å². The number of nitrogens with one attached hydrogen (secondary N) is 1. The van der Waals surface area contributed by atoms with E-state index in [0.29, 0.717) is 16.6 Å². The Morgan fingerprint density at radius 3 is 2.93 bits per heavy atom. The number of nitrogens with zero attached hydrogens (tertiary/aromatic N) is 2. The molecule has 0 aliphatic carbocycles. The topological polar surface area (TPSA) is 80.9 Å². The molecule has 1 aromatic heterocycles. The molecule has 0 aromatic carbocycles. The number of aromatic nitrogens is 2. The van der Waals surface area contributed by atoms with Crippen LogP contribution in [-0.4, -0.2) is 32.2 Å². The Labute approximate surface area is 95.9 Å². The van der Waals surface area contributed by atoms with Crippen molar-refractivity contribution >= 4 is 34.0 Å². The van der Waals surface area contributed by atoms with Gasteiger partial charge in [-0.2, -0.15) is 0 Å². The van der Waals surface area contributed by atoms with Crippen molar-refractivity contribution in [3.05, 3.63) is 11.3 Å². The largest absolute Gasteiger partial charge is 0.382 e. The predicted octanol–water partition coefficient (Wildman–Crippen LogP) is 0.891. The van der Waals surface area contributed by atoms with Crippen LogP contribution in [0.2, 0.25) is 5.02 Å². The lowest BCUT2D eigenvalue weighted by Gasteiger charge is -2.14. The third kappa shape index (κ3) is 3.64. The van der Waals surface area contributed by atoms with Gasteiger partial charge in [0.2, 0.25) is 0 Å². The Morgan fingerprint density at radius 2 is 2.33 bits per heavy atom. The van der Waals surface area contributed by atoms with E-state index in [4.69, 9.17) is 17.3 Å². The third-order valence-corrected chi connectivity index (χ3v) is 3.03. The third-order valence-electron chi connectivity index (χ3n) is 1.68. The maximum absolute atomic E-state index is 11.0. The molecule has 7 heteroatoms. The molecule has 0 radical (unpaired) electrons. The standard InChI is InChI=1S/C8H13ClN4OS/c1-5(3-15(2)14)13-8-6(9)7(10)11-4-12-8/h4-5H,3H2,1-2H3,(H3,10,11,12,13). The summed E-state index contributed by atoms with van der Waals surface area (Å²) in [5, 5.41) is 3.32. The van der Waals surface area contributed by atoms with Gasteiger partial charge >= 0.3 is 0 Å². The first-order valence-electron chi connectivity index (χ1n) is 4.33. The molecule has 0 aliphatic heterocycles. The van der Waals surface area contributed by atoms with Crippen LogP contribution in [-0.2, 0) is 10.8 Å². The van der Waals surface area contributed by atoms with Crippen LogP contribution in [0.15, 0.2) is 6.33 Å². The number of hydrogen-bond acceptors (Lipinski definition) is 5. The zero-order chi connectivity index (χ0) is 11.4. The molecule has 3 N–H and O–H groups in total. The molecule has 0 saturated carbocycles. The molecule has 0 aliphatic rings. The summed E-state index contributed by atoms with van der Waals surface area (Å²) in [7, 11) is -0.862. The normalized spacial score (nSPS) is 14.6.